The van der Waals surface area contributed by atoms with Crippen LogP contribution in [-0.4, -0.2) is 38.8 Å². The summed E-state index contributed by atoms with van der Waals surface area (Å²) in [6.07, 6.45) is 2.65. The van der Waals surface area contributed by atoms with Crippen LogP contribution in [0.3, 0.4) is 0 Å². The van der Waals surface area contributed by atoms with E-state index in [1.54, 1.807) is 6.92 Å². The monoisotopic (exact) mass is 351 g/mol. The van der Waals surface area contributed by atoms with Crippen molar-refractivity contribution in [3.63, 3.8) is 0 Å². The second-order valence-corrected chi connectivity index (χ2v) is 7.41. The predicted octanol–water partition coefficient (Wildman–Crippen LogP) is 1.50. The smallest absolute Gasteiger partial charge is 0.240 e. The minimum atomic E-state index is -3.62. The molecule has 0 saturated carbocycles. The van der Waals surface area contributed by atoms with E-state index in [1.807, 2.05) is 30.3 Å². The van der Waals surface area contributed by atoms with E-state index in [4.69, 9.17) is 4.52 Å². The minimum Gasteiger partial charge on any atom is -0.360 e. The molecule has 0 aliphatic carbocycles. The lowest BCUT2D eigenvalue weighted by molar-refractivity contribution is -0.119. The van der Waals surface area contributed by atoms with Crippen molar-refractivity contribution in [2.45, 2.75) is 19.8 Å². The molecule has 0 unspecified atom stereocenters. The molecule has 1 heterocycles. The Kier molecular flexibility index (Phi) is 5.97. The van der Waals surface area contributed by atoms with E-state index < -0.39 is 10.0 Å². The molecule has 1 amide bonds. The zero-order valence-electron chi connectivity index (χ0n) is 13.7. The highest BCUT2D eigenvalue weighted by atomic mass is 32.2. The number of carbonyl (C=O) groups excluding carboxylic acids is 1. The molecule has 24 heavy (non-hydrogen) atoms. The van der Waals surface area contributed by atoms with E-state index in [1.165, 1.54) is 11.6 Å². The van der Waals surface area contributed by atoms with E-state index >= 15 is 0 Å². The average Bonchev–Trinajstić information content (AvgIpc) is 2.95. The van der Waals surface area contributed by atoms with Gasteiger partial charge in [-0.3, -0.25) is 4.79 Å². The van der Waals surface area contributed by atoms with Gasteiger partial charge >= 0.3 is 0 Å². The molecule has 0 bridgehead atoms. The number of nitrogens with zero attached hydrogens (tertiary/aromatic N) is 2. The molecule has 1 N–H and O–H groups in total. The summed E-state index contributed by atoms with van der Waals surface area (Å²) in [5.74, 6) is 0.200. The van der Waals surface area contributed by atoms with Crippen LogP contribution in [0.4, 0.5) is 5.82 Å². The standard InChI is InChI=1S/C16H21N3O4S/c1-13-11-15(18-23-13)19(24(2,21)22)12-16(20)17-10-6-9-14-7-4-3-5-8-14/h3-5,7-8,11H,6,9-10,12H2,1-2H3,(H,17,20). The summed E-state index contributed by atoms with van der Waals surface area (Å²) in [6, 6.07) is 11.4. The SMILES string of the molecule is Cc1cc(N(CC(=O)NCCCc2ccccc2)S(C)(=O)=O)no1. The maximum atomic E-state index is 12.0. The van der Waals surface area contributed by atoms with E-state index in [0.29, 0.717) is 12.3 Å². The molecule has 7 nitrogen and oxygen atoms in total. The number of hydrogen-bond donors (Lipinski definition) is 1. The van der Waals surface area contributed by atoms with Gasteiger partial charge in [0, 0.05) is 12.6 Å². The van der Waals surface area contributed by atoms with Gasteiger partial charge in [0.15, 0.2) is 5.82 Å². The van der Waals surface area contributed by atoms with E-state index in [9.17, 15) is 13.2 Å². The van der Waals surface area contributed by atoms with Crippen LogP contribution >= 0.6 is 0 Å². The first-order valence-electron chi connectivity index (χ1n) is 7.58. The van der Waals surface area contributed by atoms with Crippen LogP contribution in [0.25, 0.3) is 0 Å². The summed E-state index contributed by atoms with van der Waals surface area (Å²) < 4.78 is 29.5. The Hall–Kier alpha value is -2.35. The summed E-state index contributed by atoms with van der Waals surface area (Å²) >= 11 is 0. The molecule has 0 spiro atoms. The van der Waals surface area contributed by atoms with Gasteiger partial charge in [-0.15, -0.1) is 0 Å². The zero-order chi connectivity index (χ0) is 17.6. The van der Waals surface area contributed by atoms with Crippen LogP contribution in [-0.2, 0) is 21.2 Å². The Balaban J connectivity index is 1.85. The van der Waals surface area contributed by atoms with Crippen molar-refractivity contribution in [2.24, 2.45) is 0 Å². The Bertz CT molecular complexity index is 772. The lowest BCUT2D eigenvalue weighted by atomic mass is 10.1. The third-order valence-electron chi connectivity index (χ3n) is 3.37. The number of amides is 1. The van der Waals surface area contributed by atoms with Crippen molar-refractivity contribution in [2.75, 3.05) is 23.7 Å². The number of aromatic nitrogens is 1. The number of nitrogens with one attached hydrogen (secondary N) is 1. The lowest BCUT2D eigenvalue weighted by Gasteiger charge is -2.18. The fourth-order valence-electron chi connectivity index (χ4n) is 2.19. The summed E-state index contributed by atoms with van der Waals surface area (Å²) in [5.41, 5.74) is 1.20. The third-order valence-corrected chi connectivity index (χ3v) is 4.48. The van der Waals surface area contributed by atoms with Crippen molar-refractivity contribution in [1.29, 1.82) is 0 Å². The number of anilines is 1. The van der Waals surface area contributed by atoms with Crippen molar-refractivity contribution in [1.82, 2.24) is 10.5 Å². The maximum Gasteiger partial charge on any atom is 0.240 e. The van der Waals surface area contributed by atoms with E-state index in [2.05, 4.69) is 10.5 Å². The van der Waals surface area contributed by atoms with Crippen molar-refractivity contribution in [3.8, 4) is 0 Å². The van der Waals surface area contributed by atoms with Gasteiger partial charge in [0.1, 0.15) is 12.3 Å². The molecule has 1 aromatic carbocycles. The molecule has 0 aliphatic heterocycles. The zero-order valence-corrected chi connectivity index (χ0v) is 14.5. The van der Waals surface area contributed by atoms with Crippen LogP contribution in [0, 0.1) is 6.92 Å². The molecule has 2 aromatic rings. The first-order valence-corrected chi connectivity index (χ1v) is 9.43. The summed E-state index contributed by atoms with van der Waals surface area (Å²) in [4.78, 5) is 12.0. The van der Waals surface area contributed by atoms with Crippen molar-refractivity contribution < 1.29 is 17.7 Å². The summed E-state index contributed by atoms with van der Waals surface area (Å²) in [5, 5.41) is 6.39. The number of aryl methyl sites for hydroxylation is 2. The van der Waals surface area contributed by atoms with Gasteiger partial charge in [0.05, 0.1) is 6.26 Å². The Morgan fingerprint density at radius 1 is 1.29 bits per heavy atom. The Morgan fingerprint density at radius 2 is 2.00 bits per heavy atom. The second kappa shape index (κ2) is 7.96. The molecule has 130 valence electrons. The van der Waals surface area contributed by atoms with E-state index in [0.717, 1.165) is 23.4 Å². The lowest BCUT2D eigenvalue weighted by Crippen LogP contribution is -2.40. The molecule has 0 radical (unpaired) electrons. The Labute approximate surface area is 141 Å². The highest BCUT2D eigenvalue weighted by molar-refractivity contribution is 7.92. The fraction of sp³-hybridized carbons (Fsp3) is 0.375. The molecule has 0 saturated heterocycles. The number of rotatable bonds is 8. The van der Waals surface area contributed by atoms with Gasteiger partial charge in [0.25, 0.3) is 0 Å². The summed E-state index contributed by atoms with van der Waals surface area (Å²) in [6.45, 7) is 1.81. The molecule has 0 fully saturated rings. The molecule has 1 aromatic heterocycles. The van der Waals surface area contributed by atoms with Gasteiger partial charge < -0.3 is 9.84 Å². The Morgan fingerprint density at radius 3 is 2.58 bits per heavy atom. The van der Waals surface area contributed by atoms with Gasteiger partial charge in [-0.25, -0.2) is 12.7 Å². The van der Waals surface area contributed by atoms with Gasteiger partial charge in [0.2, 0.25) is 15.9 Å². The number of carbonyl (C=O) groups is 1. The van der Waals surface area contributed by atoms with Crippen LogP contribution in [0.1, 0.15) is 17.7 Å². The first kappa shape index (κ1) is 18.0. The van der Waals surface area contributed by atoms with Crippen molar-refractivity contribution >= 4 is 21.7 Å². The highest BCUT2D eigenvalue weighted by Crippen LogP contribution is 2.16. The molecule has 0 atom stereocenters. The molecular formula is C16H21N3O4S. The molecule has 8 heteroatoms. The summed E-state index contributed by atoms with van der Waals surface area (Å²) in [7, 11) is -3.62. The normalized spacial score (nSPS) is 11.2. The topological polar surface area (TPSA) is 92.5 Å². The van der Waals surface area contributed by atoms with Crippen LogP contribution in [0.2, 0.25) is 0 Å². The van der Waals surface area contributed by atoms with Gasteiger partial charge in [-0.2, -0.15) is 0 Å². The fourth-order valence-corrected chi connectivity index (χ4v) is 2.97. The van der Waals surface area contributed by atoms with Gasteiger partial charge in [-0.05, 0) is 25.3 Å². The van der Waals surface area contributed by atoms with Crippen molar-refractivity contribution in [3.05, 3.63) is 47.7 Å². The van der Waals surface area contributed by atoms with Crippen LogP contribution in [0.5, 0.6) is 0 Å². The largest absolute Gasteiger partial charge is 0.360 e. The maximum absolute atomic E-state index is 12.0. The van der Waals surface area contributed by atoms with E-state index in [-0.39, 0.29) is 18.3 Å². The minimum absolute atomic E-state index is 0.106. The number of sulfonamides is 1. The predicted molar refractivity (Wildman–Crippen MR) is 91.2 cm³/mol. The van der Waals surface area contributed by atoms with Crippen LogP contribution in [0.15, 0.2) is 40.9 Å². The highest BCUT2D eigenvalue weighted by Gasteiger charge is 2.23. The van der Waals surface area contributed by atoms with Gasteiger partial charge in [-0.1, -0.05) is 35.5 Å². The average molecular weight is 351 g/mol. The molecular weight excluding hydrogens is 330 g/mol. The quantitative estimate of drug-likeness (QED) is 0.728. The van der Waals surface area contributed by atoms with Crippen LogP contribution < -0.4 is 9.62 Å². The molecule has 0 aliphatic rings. The number of benzene rings is 1. The first-order chi connectivity index (χ1) is 11.4. The number of hydrogen-bond acceptors (Lipinski definition) is 5. The third kappa shape index (κ3) is 5.38. The second-order valence-electron chi connectivity index (χ2n) is 5.50. The molecule has 2 rings (SSSR count).